The molecule has 0 heterocycles. The average molecular weight is 319 g/mol. The summed E-state index contributed by atoms with van der Waals surface area (Å²) in [5.74, 6) is -0.391. The first kappa shape index (κ1) is 13.6. The third kappa shape index (κ3) is 3.35. The lowest BCUT2D eigenvalue weighted by Crippen LogP contribution is -2.28. The Balaban J connectivity index is 2.29. The summed E-state index contributed by atoms with van der Waals surface area (Å²) in [4.78, 5) is 11.7. The van der Waals surface area contributed by atoms with Crippen LogP contribution in [0.4, 0.5) is 5.69 Å². The minimum Gasteiger partial charge on any atom is -0.370 e. The summed E-state index contributed by atoms with van der Waals surface area (Å²) < 4.78 is 0.990. The van der Waals surface area contributed by atoms with Gasteiger partial charge < -0.3 is 11.1 Å². The molecule has 19 heavy (non-hydrogen) atoms. The number of primary amides is 1. The van der Waals surface area contributed by atoms with Gasteiger partial charge in [0.1, 0.15) is 6.04 Å². The van der Waals surface area contributed by atoms with Crippen LogP contribution in [0.2, 0.25) is 0 Å². The number of rotatable bonds is 4. The van der Waals surface area contributed by atoms with Gasteiger partial charge in [0.15, 0.2) is 0 Å². The largest absolute Gasteiger partial charge is 0.370 e. The van der Waals surface area contributed by atoms with Crippen molar-refractivity contribution in [3.63, 3.8) is 0 Å². The van der Waals surface area contributed by atoms with Gasteiger partial charge in [-0.15, -0.1) is 0 Å². The van der Waals surface area contributed by atoms with Crippen molar-refractivity contribution in [1.29, 1.82) is 0 Å². The SMILES string of the molecule is Cc1ccccc1C(Nc1ccc(Br)cc1)C(N)=O. The molecule has 0 saturated carbocycles. The van der Waals surface area contributed by atoms with Crippen LogP contribution in [0.25, 0.3) is 0 Å². The summed E-state index contributed by atoms with van der Waals surface area (Å²) in [6, 6.07) is 14.8. The molecule has 0 radical (unpaired) electrons. The third-order valence-corrected chi connectivity index (χ3v) is 3.47. The molecule has 98 valence electrons. The van der Waals surface area contributed by atoms with E-state index in [-0.39, 0.29) is 0 Å². The Kier molecular flexibility index (Phi) is 4.22. The number of halogens is 1. The fraction of sp³-hybridized carbons (Fsp3) is 0.133. The van der Waals surface area contributed by atoms with Crippen molar-refractivity contribution < 1.29 is 4.79 Å². The smallest absolute Gasteiger partial charge is 0.244 e. The van der Waals surface area contributed by atoms with E-state index in [4.69, 9.17) is 5.73 Å². The quantitative estimate of drug-likeness (QED) is 0.907. The monoisotopic (exact) mass is 318 g/mol. The van der Waals surface area contributed by atoms with E-state index in [1.165, 1.54) is 0 Å². The van der Waals surface area contributed by atoms with E-state index in [2.05, 4.69) is 21.2 Å². The van der Waals surface area contributed by atoms with E-state index in [0.717, 1.165) is 21.3 Å². The van der Waals surface area contributed by atoms with Crippen LogP contribution in [0.1, 0.15) is 17.2 Å². The maximum Gasteiger partial charge on any atom is 0.244 e. The number of anilines is 1. The fourth-order valence-corrected chi connectivity index (χ4v) is 2.19. The van der Waals surface area contributed by atoms with Crippen LogP contribution in [0.5, 0.6) is 0 Å². The van der Waals surface area contributed by atoms with Gasteiger partial charge in [-0.05, 0) is 42.3 Å². The second kappa shape index (κ2) is 5.89. The van der Waals surface area contributed by atoms with Gasteiger partial charge in [0.05, 0.1) is 0 Å². The minimum atomic E-state index is -0.526. The first-order chi connectivity index (χ1) is 9.08. The highest BCUT2D eigenvalue weighted by Crippen LogP contribution is 2.23. The molecule has 0 aliphatic rings. The van der Waals surface area contributed by atoms with Crippen LogP contribution < -0.4 is 11.1 Å². The Bertz CT molecular complexity index is 581. The van der Waals surface area contributed by atoms with E-state index in [1.54, 1.807) is 0 Å². The Morgan fingerprint density at radius 3 is 2.37 bits per heavy atom. The van der Waals surface area contributed by atoms with Gasteiger partial charge in [-0.25, -0.2) is 0 Å². The molecule has 2 rings (SSSR count). The molecule has 3 N–H and O–H groups in total. The summed E-state index contributed by atoms with van der Waals surface area (Å²) in [5, 5.41) is 3.17. The first-order valence-electron chi connectivity index (χ1n) is 5.95. The Morgan fingerprint density at radius 2 is 1.79 bits per heavy atom. The summed E-state index contributed by atoms with van der Waals surface area (Å²) in [6.45, 7) is 1.97. The summed E-state index contributed by atoms with van der Waals surface area (Å²) in [7, 11) is 0. The molecule has 1 amide bonds. The van der Waals surface area contributed by atoms with Gasteiger partial charge in [0, 0.05) is 10.2 Å². The summed E-state index contributed by atoms with van der Waals surface area (Å²) in [5.41, 5.74) is 8.30. The van der Waals surface area contributed by atoms with E-state index >= 15 is 0 Å². The molecule has 3 nitrogen and oxygen atoms in total. The molecular weight excluding hydrogens is 304 g/mol. The minimum absolute atomic E-state index is 0.391. The Labute approximate surface area is 121 Å². The zero-order chi connectivity index (χ0) is 13.8. The number of nitrogens with two attached hydrogens (primary N) is 1. The van der Waals surface area contributed by atoms with Crippen LogP contribution in [0, 0.1) is 6.92 Å². The molecule has 1 unspecified atom stereocenters. The van der Waals surface area contributed by atoms with E-state index < -0.39 is 11.9 Å². The normalized spacial score (nSPS) is 11.9. The summed E-state index contributed by atoms with van der Waals surface area (Å²) >= 11 is 3.38. The zero-order valence-corrected chi connectivity index (χ0v) is 12.1. The average Bonchev–Trinajstić information content (AvgIpc) is 2.39. The van der Waals surface area contributed by atoms with Crippen molar-refractivity contribution in [2.24, 2.45) is 5.73 Å². The Morgan fingerprint density at radius 1 is 1.16 bits per heavy atom. The zero-order valence-electron chi connectivity index (χ0n) is 10.6. The van der Waals surface area contributed by atoms with Gasteiger partial charge in [0.2, 0.25) is 5.91 Å². The number of carbonyl (C=O) groups is 1. The second-order valence-corrected chi connectivity index (χ2v) is 5.26. The van der Waals surface area contributed by atoms with Gasteiger partial charge in [-0.3, -0.25) is 4.79 Å². The fourth-order valence-electron chi connectivity index (χ4n) is 1.93. The number of amides is 1. The summed E-state index contributed by atoms with van der Waals surface area (Å²) in [6.07, 6.45) is 0. The second-order valence-electron chi connectivity index (χ2n) is 4.34. The predicted molar refractivity (Wildman–Crippen MR) is 80.9 cm³/mol. The molecule has 0 spiro atoms. The molecular formula is C15H15BrN2O. The maximum atomic E-state index is 11.7. The molecule has 0 aliphatic carbocycles. The van der Waals surface area contributed by atoms with Crippen LogP contribution >= 0.6 is 15.9 Å². The lowest BCUT2D eigenvalue weighted by atomic mass is 10.0. The molecule has 2 aromatic carbocycles. The lowest BCUT2D eigenvalue weighted by Gasteiger charge is -2.19. The van der Waals surface area contributed by atoms with Crippen molar-refractivity contribution in [3.8, 4) is 0 Å². The number of nitrogens with one attached hydrogen (secondary N) is 1. The van der Waals surface area contributed by atoms with Crippen molar-refractivity contribution in [3.05, 3.63) is 64.1 Å². The van der Waals surface area contributed by atoms with Gasteiger partial charge in [0.25, 0.3) is 0 Å². The highest BCUT2D eigenvalue weighted by molar-refractivity contribution is 9.10. The molecule has 0 aliphatic heterocycles. The number of carbonyl (C=O) groups excluding carboxylic acids is 1. The molecule has 2 aromatic rings. The number of hydrogen-bond acceptors (Lipinski definition) is 2. The molecule has 0 aromatic heterocycles. The van der Waals surface area contributed by atoms with E-state index in [9.17, 15) is 4.79 Å². The highest BCUT2D eigenvalue weighted by atomic mass is 79.9. The standard InChI is InChI=1S/C15H15BrN2O/c1-10-4-2-3-5-13(10)14(15(17)19)18-12-8-6-11(16)7-9-12/h2-9,14,18H,1H3,(H2,17,19). The topological polar surface area (TPSA) is 55.1 Å². The first-order valence-corrected chi connectivity index (χ1v) is 6.74. The van der Waals surface area contributed by atoms with Crippen molar-refractivity contribution in [2.45, 2.75) is 13.0 Å². The highest BCUT2D eigenvalue weighted by Gasteiger charge is 2.19. The van der Waals surface area contributed by atoms with Crippen LogP contribution in [-0.4, -0.2) is 5.91 Å². The van der Waals surface area contributed by atoms with Crippen molar-refractivity contribution in [2.75, 3.05) is 5.32 Å². The van der Waals surface area contributed by atoms with E-state index in [0.29, 0.717) is 0 Å². The Hall–Kier alpha value is -1.81. The molecule has 0 saturated heterocycles. The van der Waals surface area contributed by atoms with Crippen LogP contribution in [-0.2, 0) is 4.79 Å². The van der Waals surface area contributed by atoms with Gasteiger partial charge in [-0.2, -0.15) is 0 Å². The van der Waals surface area contributed by atoms with Crippen molar-refractivity contribution >= 4 is 27.5 Å². The van der Waals surface area contributed by atoms with Gasteiger partial charge in [-0.1, -0.05) is 40.2 Å². The van der Waals surface area contributed by atoms with Crippen molar-refractivity contribution in [1.82, 2.24) is 0 Å². The van der Waals surface area contributed by atoms with Gasteiger partial charge >= 0.3 is 0 Å². The number of aryl methyl sites for hydroxylation is 1. The van der Waals surface area contributed by atoms with E-state index in [1.807, 2.05) is 55.5 Å². The molecule has 1 atom stereocenters. The molecule has 4 heteroatoms. The van der Waals surface area contributed by atoms with Crippen LogP contribution in [0.3, 0.4) is 0 Å². The third-order valence-electron chi connectivity index (χ3n) is 2.94. The van der Waals surface area contributed by atoms with Crippen LogP contribution in [0.15, 0.2) is 53.0 Å². The molecule has 0 bridgehead atoms. The molecule has 0 fully saturated rings. The maximum absolute atomic E-state index is 11.7. The number of benzene rings is 2. The lowest BCUT2D eigenvalue weighted by molar-refractivity contribution is -0.118. The number of hydrogen-bond donors (Lipinski definition) is 2. The predicted octanol–water partition coefficient (Wildman–Crippen LogP) is 3.40.